The molecule has 2 aromatic carbocycles. The molecule has 2 rings (SSSR count). The summed E-state index contributed by atoms with van der Waals surface area (Å²) in [7, 11) is 0. The summed E-state index contributed by atoms with van der Waals surface area (Å²) in [5.41, 5.74) is 0.346. The molecule has 1 N–H and O–H groups in total. The van der Waals surface area contributed by atoms with Gasteiger partial charge in [0.15, 0.2) is 0 Å². The van der Waals surface area contributed by atoms with Crippen molar-refractivity contribution in [2.45, 2.75) is 39.3 Å². The Kier molecular flexibility index (Phi) is 11.0. The summed E-state index contributed by atoms with van der Waals surface area (Å²) >= 11 is 5.54. The SMILES string of the molecule is CCOC(=O)C(C)Cc1ccc(F)c(NC(=O)CCC(F)(F)F)c1.Clc1ccccc1. The van der Waals surface area contributed by atoms with Crippen LogP contribution in [-0.4, -0.2) is 24.7 Å². The first-order valence-electron chi connectivity index (χ1n) is 9.54. The predicted molar refractivity (Wildman–Crippen MR) is 111 cm³/mol. The Hall–Kier alpha value is -2.61. The van der Waals surface area contributed by atoms with Crippen LogP contribution < -0.4 is 5.32 Å². The fraction of sp³-hybridized carbons (Fsp3) is 0.364. The molecule has 0 aliphatic carbocycles. The number of benzene rings is 2. The number of carbonyl (C=O) groups is 2. The molecule has 170 valence electrons. The number of rotatable bonds is 7. The lowest BCUT2D eigenvalue weighted by atomic mass is 10.0. The third kappa shape index (κ3) is 11.4. The van der Waals surface area contributed by atoms with E-state index in [9.17, 15) is 27.2 Å². The highest BCUT2D eigenvalue weighted by atomic mass is 35.5. The van der Waals surface area contributed by atoms with Crippen molar-refractivity contribution < 1.29 is 31.9 Å². The summed E-state index contributed by atoms with van der Waals surface area (Å²) in [5, 5.41) is 2.91. The van der Waals surface area contributed by atoms with Crippen LogP contribution in [0.5, 0.6) is 0 Å². The molecule has 9 heteroatoms. The van der Waals surface area contributed by atoms with Crippen molar-refractivity contribution in [3.05, 3.63) is 64.9 Å². The monoisotopic (exact) mass is 461 g/mol. The number of anilines is 1. The largest absolute Gasteiger partial charge is 0.466 e. The number of alkyl halides is 3. The summed E-state index contributed by atoms with van der Waals surface area (Å²) in [6.45, 7) is 3.56. The molecular weight excluding hydrogens is 438 g/mol. The molecule has 0 saturated carbocycles. The van der Waals surface area contributed by atoms with Gasteiger partial charge in [-0.2, -0.15) is 13.2 Å². The number of esters is 1. The standard InChI is InChI=1S/C16H19F4NO3.C6H5Cl/c1-3-24-15(23)10(2)8-11-4-5-12(17)13(9-11)21-14(22)6-7-16(18,19)20;7-6-4-2-1-3-5-6/h4-5,9-10H,3,6-8H2,1-2H3,(H,21,22);1-5H. The molecule has 0 spiro atoms. The Morgan fingerprint density at radius 2 is 1.77 bits per heavy atom. The molecule has 0 radical (unpaired) electrons. The van der Waals surface area contributed by atoms with Gasteiger partial charge in [-0.05, 0) is 43.2 Å². The van der Waals surface area contributed by atoms with Gasteiger partial charge in [0.2, 0.25) is 5.91 Å². The molecule has 0 bridgehead atoms. The van der Waals surface area contributed by atoms with Crippen LogP contribution in [-0.2, 0) is 20.7 Å². The zero-order valence-corrected chi connectivity index (χ0v) is 17.9. The van der Waals surface area contributed by atoms with E-state index >= 15 is 0 Å². The maximum absolute atomic E-state index is 13.7. The van der Waals surface area contributed by atoms with E-state index in [0.29, 0.717) is 5.56 Å². The Morgan fingerprint density at radius 1 is 1.13 bits per heavy atom. The van der Waals surface area contributed by atoms with Gasteiger partial charge >= 0.3 is 12.1 Å². The highest BCUT2D eigenvalue weighted by Crippen LogP contribution is 2.23. The zero-order chi connectivity index (χ0) is 23.4. The molecule has 1 amide bonds. The van der Waals surface area contributed by atoms with E-state index in [2.05, 4.69) is 5.32 Å². The molecule has 0 saturated heterocycles. The summed E-state index contributed by atoms with van der Waals surface area (Å²) in [4.78, 5) is 23.1. The van der Waals surface area contributed by atoms with Crippen molar-refractivity contribution in [2.24, 2.45) is 5.92 Å². The average Bonchev–Trinajstić information content (AvgIpc) is 2.69. The smallest absolute Gasteiger partial charge is 0.389 e. The van der Waals surface area contributed by atoms with Crippen LogP contribution >= 0.6 is 11.6 Å². The predicted octanol–water partition coefficient (Wildman–Crippen LogP) is 6.19. The van der Waals surface area contributed by atoms with Crippen molar-refractivity contribution in [3.63, 3.8) is 0 Å². The first kappa shape index (κ1) is 26.4. The number of halogens is 5. The molecule has 0 aliphatic rings. The van der Waals surface area contributed by atoms with Crippen molar-refractivity contribution in [1.29, 1.82) is 0 Å². The van der Waals surface area contributed by atoms with Gasteiger partial charge in [-0.15, -0.1) is 0 Å². The number of ether oxygens (including phenoxy) is 1. The Morgan fingerprint density at radius 3 is 2.29 bits per heavy atom. The van der Waals surface area contributed by atoms with Crippen molar-refractivity contribution in [1.82, 2.24) is 0 Å². The molecular formula is C22H24ClF4NO3. The van der Waals surface area contributed by atoms with Gasteiger partial charge in [-0.1, -0.05) is 42.8 Å². The van der Waals surface area contributed by atoms with Crippen LogP contribution in [0.1, 0.15) is 32.3 Å². The minimum Gasteiger partial charge on any atom is -0.466 e. The second kappa shape index (κ2) is 12.9. The van der Waals surface area contributed by atoms with Gasteiger partial charge in [0.05, 0.1) is 24.6 Å². The number of carbonyl (C=O) groups excluding carboxylic acids is 2. The van der Waals surface area contributed by atoms with Gasteiger partial charge in [0, 0.05) is 11.4 Å². The van der Waals surface area contributed by atoms with Crippen molar-refractivity contribution in [3.8, 4) is 0 Å². The normalized spacial score (nSPS) is 11.7. The number of nitrogens with one attached hydrogen (secondary N) is 1. The summed E-state index contributed by atoms with van der Waals surface area (Å²) in [6, 6.07) is 13.3. The average molecular weight is 462 g/mol. The van der Waals surface area contributed by atoms with E-state index in [4.69, 9.17) is 16.3 Å². The van der Waals surface area contributed by atoms with Crippen LogP contribution in [0.4, 0.5) is 23.2 Å². The molecule has 1 atom stereocenters. The lowest BCUT2D eigenvalue weighted by molar-refractivity contribution is -0.147. The van der Waals surface area contributed by atoms with Gasteiger partial charge in [0.25, 0.3) is 0 Å². The third-order valence-corrected chi connectivity index (χ3v) is 4.16. The first-order valence-corrected chi connectivity index (χ1v) is 9.91. The molecule has 0 aromatic heterocycles. The van der Waals surface area contributed by atoms with E-state index in [0.717, 1.165) is 11.1 Å². The van der Waals surface area contributed by atoms with E-state index in [-0.39, 0.29) is 18.7 Å². The Labute approximate surface area is 183 Å². The molecule has 0 fully saturated rings. The van der Waals surface area contributed by atoms with E-state index in [1.54, 1.807) is 13.8 Å². The van der Waals surface area contributed by atoms with Crippen LogP contribution in [0.2, 0.25) is 5.02 Å². The second-order valence-electron chi connectivity index (χ2n) is 6.63. The van der Waals surface area contributed by atoms with Gasteiger partial charge in [-0.3, -0.25) is 9.59 Å². The molecule has 31 heavy (non-hydrogen) atoms. The molecule has 1 unspecified atom stereocenters. The molecule has 0 heterocycles. The first-order chi connectivity index (χ1) is 14.5. The summed E-state index contributed by atoms with van der Waals surface area (Å²) < 4.78 is 54.8. The van der Waals surface area contributed by atoms with Crippen LogP contribution in [0.15, 0.2) is 48.5 Å². The van der Waals surface area contributed by atoms with E-state index < -0.39 is 42.6 Å². The van der Waals surface area contributed by atoms with E-state index in [1.165, 1.54) is 12.1 Å². The van der Waals surface area contributed by atoms with Crippen LogP contribution in [0.3, 0.4) is 0 Å². The highest BCUT2D eigenvalue weighted by Gasteiger charge is 2.28. The Balaban J connectivity index is 0.000000577. The topological polar surface area (TPSA) is 55.4 Å². The zero-order valence-electron chi connectivity index (χ0n) is 17.1. The van der Waals surface area contributed by atoms with Crippen molar-refractivity contribution >= 4 is 29.2 Å². The number of hydrogen-bond acceptors (Lipinski definition) is 3. The number of hydrogen-bond donors (Lipinski definition) is 1. The molecule has 4 nitrogen and oxygen atoms in total. The van der Waals surface area contributed by atoms with Crippen molar-refractivity contribution in [2.75, 3.05) is 11.9 Å². The number of amides is 1. The molecule has 0 aliphatic heterocycles. The maximum atomic E-state index is 13.7. The minimum absolute atomic E-state index is 0.212. The summed E-state index contributed by atoms with van der Waals surface area (Å²) in [5.74, 6) is -2.56. The second-order valence-corrected chi connectivity index (χ2v) is 7.07. The van der Waals surface area contributed by atoms with Crippen LogP contribution in [0, 0.1) is 11.7 Å². The van der Waals surface area contributed by atoms with Gasteiger partial charge < -0.3 is 10.1 Å². The van der Waals surface area contributed by atoms with Gasteiger partial charge in [0.1, 0.15) is 5.82 Å². The van der Waals surface area contributed by atoms with Crippen LogP contribution in [0.25, 0.3) is 0 Å². The lowest BCUT2D eigenvalue weighted by Gasteiger charge is -2.13. The van der Waals surface area contributed by atoms with E-state index in [1.807, 2.05) is 30.3 Å². The minimum atomic E-state index is -4.45. The molecule has 2 aromatic rings. The van der Waals surface area contributed by atoms with Gasteiger partial charge in [-0.25, -0.2) is 4.39 Å². The summed E-state index contributed by atoms with van der Waals surface area (Å²) in [6.07, 6.45) is -6.26. The maximum Gasteiger partial charge on any atom is 0.389 e. The highest BCUT2D eigenvalue weighted by molar-refractivity contribution is 6.30. The fourth-order valence-electron chi connectivity index (χ4n) is 2.40. The lowest BCUT2D eigenvalue weighted by Crippen LogP contribution is -2.18. The third-order valence-electron chi connectivity index (χ3n) is 3.90. The Bertz CT molecular complexity index is 844. The fourth-order valence-corrected chi connectivity index (χ4v) is 2.54. The quantitative estimate of drug-likeness (QED) is 0.395.